The standard InChI is InChI=1S/C12H18N4O4/c1-13-7-5-8(14-2)10(16-12(18)20-4)6-9(7)15-11(17)19-3/h5-6,13-14H,1-4H3,(H,15,17)(H,16,18). The van der Waals surface area contributed by atoms with Crippen LogP contribution in [0.25, 0.3) is 0 Å². The van der Waals surface area contributed by atoms with E-state index in [-0.39, 0.29) is 0 Å². The number of methoxy groups -OCH3 is 2. The lowest BCUT2D eigenvalue weighted by atomic mass is 10.2. The first-order valence-corrected chi connectivity index (χ1v) is 5.79. The third kappa shape index (κ3) is 3.67. The summed E-state index contributed by atoms with van der Waals surface area (Å²) in [5.74, 6) is 0. The highest BCUT2D eigenvalue weighted by Gasteiger charge is 2.13. The van der Waals surface area contributed by atoms with Gasteiger partial charge in [-0.05, 0) is 12.1 Å². The van der Waals surface area contributed by atoms with Gasteiger partial charge in [-0.3, -0.25) is 10.6 Å². The molecule has 0 saturated heterocycles. The summed E-state index contributed by atoms with van der Waals surface area (Å²) in [7, 11) is 5.96. The van der Waals surface area contributed by atoms with Crippen molar-refractivity contribution < 1.29 is 19.1 Å². The number of carbonyl (C=O) groups excluding carboxylic acids is 2. The lowest BCUT2D eigenvalue weighted by Gasteiger charge is -2.16. The molecule has 0 saturated carbocycles. The van der Waals surface area contributed by atoms with E-state index < -0.39 is 12.2 Å². The number of ether oxygens (including phenoxy) is 2. The van der Waals surface area contributed by atoms with Crippen molar-refractivity contribution in [3.05, 3.63) is 12.1 Å². The Morgan fingerprint density at radius 3 is 1.45 bits per heavy atom. The smallest absolute Gasteiger partial charge is 0.411 e. The Balaban J connectivity index is 3.18. The molecule has 0 spiro atoms. The second-order valence-electron chi connectivity index (χ2n) is 3.68. The van der Waals surface area contributed by atoms with Crippen LogP contribution in [0.5, 0.6) is 0 Å². The molecule has 0 unspecified atom stereocenters. The number of nitrogens with one attached hydrogen (secondary N) is 4. The molecule has 1 rings (SSSR count). The predicted molar refractivity (Wildman–Crippen MR) is 77.6 cm³/mol. The summed E-state index contributed by atoms with van der Waals surface area (Å²) in [5.41, 5.74) is 2.25. The third-order valence-electron chi connectivity index (χ3n) is 2.54. The molecule has 0 aliphatic carbocycles. The van der Waals surface area contributed by atoms with E-state index >= 15 is 0 Å². The van der Waals surface area contributed by atoms with Crippen LogP contribution in [-0.4, -0.2) is 40.5 Å². The van der Waals surface area contributed by atoms with E-state index in [0.717, 1.165) is 0 Å². The first-order chi connectivity index (χ1) is 9.55. The molecule has 0 aliphatic rings. The Bertz CT molecular complexity index is 463. The fraction of sp³-hybridized carbons (Fsp3) is 0.333. The van der Waals surface area contributed by atoms with Gasteiger partial charge in [0.1, 0.15) is 0 Å². The van der Waals surface area contributed by atoms with Crippen molar-refractivity contribution in [3.63, 3.8) is 0 Å². The molecule has 0 bridgehead atoms. The zero-order valence-corrected chi connectivity index (χ0v) is 11.8. The van der Waals surface area contributed by atoms with Crippen LogP contribution >= 0.6 is 0 Å². The van der Waals surface area contributed by atoms with Crippen LogP contribution in [0, 0.1) is 0 Å². The number of hydrogen-bond acceptors (Lipinski definition) is 6. The molecule has 4 N–H and O–H groups in total. The van der Waals surface area contributed by atoms with Crippen LogP contribution in [-0.2, 0) is 9.47 Å². The fourth-order valence-corrected chi connectivity index (χ4v) is 1.54. The molecular weight excluding hydrogens is 264 g/mol. The van der Waals surface area contributed by atoms with E-state index in [4.69, 9.17) is 0 Å². The van der Waals surface area contributed by atoms with Crippen molar-refractivity contribution in [1.29, 1.82) is 0 Å². The Labute approximate surface area is 116 Å². The molecule has 0 aliphatic heterocycles. The number of amides is 2. The molecule has 0 fully saturated rings. The summed E-state index contributed by atoms with van der Waals surface area (Å²) in [6.07, 6.45) is -1.22. The van der Waals surface area contributed by atoms with E-state index in [1.165, 1.54) is 14.2 Å². The van der Waals surface area contributed by atoms with Gasteiger partial charge in [-0.2, -0.15) is 0 Å². The number of hydrogen-bond donors (Lipinski definition) is 4. The largest absolute Gasteiger partial charge is 0.453 e. The Morgan fingerprint density at radius 2 is 1.15 bits per heavy atom. The third-order valence-corrected chi connectivity index (χ3v) is 2.54. The molecule has 0 radical (unpaired) electrons. The summed E-state index contributed by atoms with van der Waals surface area (Å²) in [4.78, 5) is 22.6. The Morgan fingerprint density at radius 1 is 0.800 bits per heavy atom. The molecule has 0 atom stereocenters. The summed E-state index contributed by atoms with van der Waals surface area (Å²) >= 11 is 0. The fourth-order valence-electron chi connectivity index (χ4n) is 1.54. The zero-order valence-electron chi connectivity index (χ0n) is 11.8. The molecule has 20 heavy (non-hydrogen) atoms. The van der Waals surface area contributed by atoms with E-state index in [1.807, 2.05) is 0 Å². The maximum atomic E-state index is 11.3. The second kappa shape index (κ2) is 7.07. The number of benzene rings is 1. The quantitative estimate of drug-likeness (QED) is 0.675. The molecule has 0 heterocycles. The monoisotopic (exact) mass is 282 g/mol. The Kier molecular flexibility index (Phi) is 5.45. The maximum absolute atomic E-state index is 11.3. The van der Waals surface area contributed by atoms with Gasteiger partial charge in [0.25, 0.3) is 0 Å². The minimum absolute atomic E-state index is 0.463. The van der Waals surface area contributed by atoms with Gasteiger partial charge in [0.2, 0.25) is 0 Å². The summed E-state index contributed by atoms with van der Waals surface area (Å²) < 4.78 is 9.09. The first-order valence-electron chi connectivity index (χ1n) is 5.79. The minimum Gasteiger partial charge on any atom is -0.453 e. The minimum atomic E-state index is -0.609. The van der Waals surface area contributed by atoms with Crippen molar-refractivity contribution in [1.82, 2.24) is 0 Å². The molecule has 2 amide bonds. The van der Waals surface area contributed by atoms with Crippen LogP contribution in [0.1, 0.15) is 0 Å². The van der Waals surface area contributed by atoms with Gasteiger partial charge in [-0.25, -0.2) is 9.59 Å². The van der Waals surface area contributed by atoms with Crippen molar-refractivity contribution in [2.24, 2.45) is 0 Å². The average molecular weight is 282 g/mol. The van der Waals surface area contributed by atoms with Crippen LogP contribution in [0.4, 0.5) is 32.3 Å². The van der Waals surface area contributed by atoms with E-state index in [2.05, 4.69) is 30.7 Å². The predicted octanol–water partition coefficient (Wildman–Crippen LogP) is 2.13. The van der Waals surface area contributed by atoms with Crippen LogP contribution in [0.3, 0.4) is 0 Å². The topological polar surface area (TPSA) is 101 Å². The second-order valence-corrected chi connectivity index (χ2v) is 3.68. The van der Waals surface area contributed by atoms with Gasteiger partial charge >= 0.3 is 12.2 Å². The number of rotatable bonds is 4. The highest BCUT2D eigenvalue weighted by molar-refractivity contribution is 5.97. The highest BCUT2D eigenvalue weighted by Crippen LogP contribution is 2.33. The van der Waals surface area contributed by atoms with Gasteiger partial charge < -0.3 is 20.1 Å². The van der Waals surface area contributed by atoms with Crippen LogP contribution in [0.2, 0.25) is 0 Å². The summed E-state index contributed by atoms with van der Waals surface area (Å²) in [6, 6.07) is 3.32. The van der Waals surface area contributed by atoms with Gasteiger partial charge in [-0.15, -0.1) is 0 Å². The van der Waals surface area contributed by atoms with Crippen LogP contribution < -0.4 is 21.3 Å². The summed E-state index contributed by atoms with van der Waals surface area (Å²) in [5, 5.41) is 11.0. The van der Waals surface area contributed by atoms with E-state index in [0.29, 0.717) is 22.7 Å². The molecule has 110 valence electrons. The van der Waals surface area contributed by atoms with Crippen molar-refractivity contribution >= 4 is 34.9 Å². The Hall–Kier alpha value is -2.64. The van der Waals surface area contributed by atoms with Crippen molar-refractivity contribution in [2.45, 2.75) is 0 Å². The SMILES string of the molecule is CNc1cc(NC)c(NC(=O)OC)cc1NC(=O)OC. The molecule has 1 aromatic rings. The molecule has 1 aromatic carbocycles. The normalized spacial score (nSPS) is 9.40. The zero-order chi connectivity index (χ0) is 15.1. The van der Waals surface area contributed by atoms with Gasteiger partial charge in [-0.1, -0.05) is 0 Å². The van der Waals surface area contributed by atoms with Gasteiger partial charge in [0.15, 0.2) is 0 Å². The van der Waals surface area contributed by atoms with E-state index in [1.54, 1.807) is 26.2 Å². The maximum Gasteiger partial charge on any atom is 0.411 e. The lowest BCUT2D eigenvalue weighted by molar-refractivity contribution is 0.186. The van der Waals surface area contributed by atoms with Crippen molar-refractivity contribution in [3.8, 4) is 0 Å². The van der Waals surface area contributed by atoms with E-state index in [9.17, 15) is 9.59 Å². The van der Waals surface area contributed by atoms with Gasteiger partial charge in [0, 0.05) is 14.1 Å². The first kappa shape index (κ1) is 15.4. The van der Waals surface area contributed by atoms with Crippen molar-refractivity contribution in [2.75, 3.05) is 49.6 Å². The molecule has 8 heteroatoms. The molecular formula is C12H18N4O4. The summed E-state index contributed by atoms with van der Waals surface area (Å²) in [6.45, 7) is 0. The highest BCUT2D eigenvalue weighted by atomic mass is 16.5. The lowest BCUT2D eigenvalue weighted by Crippen LogP contribution is -2.15. The molecule has 8 nitrogen and oxygen atoms in total. The van der Waals surface area contributed by atoms with Gasteiger partial charge in [0.05, 0.1) is 37.0 Å². The average Bonchev–Trinajstić information content (AvgIpc) is 2.47. The number of anilines is 4. The molecule has 0 aromatic heterocycles. The number of carbonyl (C=O) groups is 2. The van der Waals surface area contributed by atoms with Crippen LogP contribution in [0.15, 0.2) is 12.1 Å².